The van der Waals surface area contributed by atoms with E-state index in [4.69, 9.17) is 4.74 Å². The highest BCUT2D eigenvalue weighted by molar-refractivity contribution is 5.89. The number of nitrogens with zero attached hydrogens (tertiary/aromatic N) is 2. The van der Waals surface area contributed by atoms with Gasteiger partial charge in [-0.15, -0.1) is 0 Å². The van der Waals surface area contributed by atoms with Gasteiger partial charge in [-0.2, -0.15) is 0 Å². The van der Waals surface area contributed by atoms with E-state index in [9.17, 15) is 9.90 Å². The van der Waals surface area contributed by atoms with Gasteiger partial charge >= 0.3 is 6.03 Å². The standard InChI is InChI=1S/C15H24N4O3/c1-3-15(2,11-20)18-14(21)17-12-4-5-13(16-10-12)19-6-8-22-9-7-19/h4-5,10,20H,3,6-9,11H2,1-2H3,(H2,17,18,21)/t15-/m0/s1. The molecule has 0 spiro atoms. The summed E-state index contributed by atoms with van der Waals surface area (Å²) in [5, 5.41) is 14.8. The van der Waals surface area contributed by atoms with E-state index < -0.39 is 5.54 Å². The summed E-state index contributed by atoms with van der Waals surface area (Å²) in [5.41, 5.74) is -0.00321. The number of aliphatic hydroxyl groups excluding tert-OH is 1. The van der Waals surface area contributed by atoms with Crippen LogP contribution in [0.15, 0.2) is 18.3 Å². The molecular formula is C15H24N4O3. The van der Waals surface area contributed by atoms with E-state index in [1.165, 1.54) is 0 Å². The maximum Gasteiger partial charge on any atom is 0.319 e. The fraction of sp³-hybridized carbons (Fsp3) is 0.600. The quantitative estimate of drug-likeness (QED) is 0.761. The second-order valence-electron chi connectivity index (χ2n) is 5.66. The van der Waals surface area contributed by atoms with Gasteiger partial charge in [0.15, 0.2) is 0 Å². The average Bonchev–Trinajstić information content (AvgIpc) is 2.56. The van der Waals surface area contributed by atoms with Gasteiger partial charge in [0.05, 0.1) is 37.2 Å². The molecule has 0 radical (unpaired) electrons. The molecule has 1 saturated heterocycles. The molecule has 1 aromatic rings. The van der Waals surface area contributed by atoms with Crippen LogP contribution in [0.1, 0.15) is 20.3 Å². The molecule has 0 aliphatic carbocycles. The monoisotopic (exact) mass is 308 g/mol. The molecule has 0 saturated carbocycles. The predicted molar refractivity (Wildman–Crippen MR) is 85.2 cm³/mol. The zero-order valence-electron chi connectivity index (χ0n) is 13.1. The number of hydrogen-bond acceptors (Lipinski definition) is 5. The van der Waals surface area contributed by atoms with Crippen molar-refractivity contribution in [2.45, 2.75) is 25.8 Å². The lowest BCUT2D eigenvalue weighted by Gasteiger charge is -2.28. The summed E-state index contributed by atoms with van der Waals surface area (Å²) in [5.74, 6) is 0.878. The van der Waals surface area contributed by atoms with Crippen LogP contribution in [0.25, 0.3) is 0 Å². The third-order valence-electron chi connectivity index (χ3n) is 3.89. The van der Waals surface area contributed by atoms with Crippen molar-refractivity contribution in [2.24, 2.45) is 0 Å². The molecule has 1 fully saturated rings. The minimum Gasteiger partial charge on any atom is -0.394 e. The van der Waals surface area contributed by atoms with Gasteiger partial charge in [-0.3, -0.25) is 0 Å². The van der Waals surface area contributed by atoms with E-state index in [1.54, 1.807) is 13.1 Å². The summed E-state index contributed by atoms with van der Waals surface area (Å²) >= 11 is 0. The number of hydrogen-bond donors (Lipinski definition) is 3. The van der Waals surface area contributed by atoms with Crippen LogP contribution in [0.4, 0.5) is 16.3 Å². The number of morpholine rings is 1. The molecule has 0 bridgehead atoms. The van der Waals surface area contributed by atoms with Crippen LogP contribution in [0.3, 0.4) is 0 Å². The maximum absolute atomic E-state index is 11.9. The second kappa shape index (κ2) is 7.42. The van der Waals surface area contributed by atoms with E-state index in [0.717, 1.165) is 18.9 Å². The van der Waals surface area contributed by atoms with Crippen molar-refractivity contribution >= 4 is 17.5 Å². The Hall–Kier alpha value is -1.86. The van der Waals surface area contributed by atoms with Gasteiger partial charge in [-0.25, -0.2) is 9.78 Å². The van der Waals surface area contributed by atoms with Crippen LogP contribution in [0.2, 0.25) is 0 Å². The second-order valence-corrected chi connectivity index (χ2v) is 5.66. The summed E-state index contributed by atoms with van der Waals surface area (Å²) in [7, 11) is 0. The smallest absolute Gasteiger partial charge is 0.319 e. The molecule has 2 heterocycles. The summed E-state index contributed by atoms with van der Waals surface area (Å²) in [6.07, 6.45) is 2.28. The number of anilines is 2. The van der Waals surface area contributed by atoms with E-state index in [2.05, 4.69) is 20.5 Å². The highest BCUT2D eigenvalue weighted by Crippen LogP contribution is 2.16. The molecule has 1 aliphatic heterocycles. The van der Waals surface area contributed by atoms with E-state index in [-0.39, 0.29) is 12.6 Å². The normalized spacial score (nSPS) is 17.7. The number of aromatic nitrogens is 1. The predicted octanol–water partition coefficient (Wildman–Crippen LogP) is 1.20. The Labute approximate surface area is 130 Å². The molecule has 1 aromatic heterocycles. The molecule has 122 valence electrons. The molecule has 3 N–H and O–H groups in total. The van der Waals surface area contributed by atoms with Crippen LogP contribution in [-0.4, -0.2) is 54.6 Å². The number of aliphatic hydroxyl groups is 1. The van der Waals surface area contributed by atoms with Crippen LogP contribution in [-0.2, 0) is 4.74 Å². The van der Waals surface area contributed by atoms with Crippen LogP contribution in [0, 0.1) is 0 Å². The summed E-state index contributed by atoms with van der Waals surface area (Å²) in [6, 6.07) is 3.35. The first-order valence-corrected chi connectivity index (χ1v) is 7.55. The first-order chi connectivity index (χ1) is 10.6. The number of carbonyl (C=O) groups excluding carboxylic acids is 1. The maximum atomic E-state index is 11.9. The zero-order valence-corrected chi connectivity index (χ0v) is 13.1. The Morgan fingerprint density at radius 1 is 1.45 bits per heavy atom. The third-order valence-corrected chi connectivity index (χ3v) is 3.89. The van der Waals surface area contributed by atoms with E-state index in [0.29, 0.717) is 25.3 Å². The van der Waals surface area contributed by atoms with Gasteiger partial charge in [0.2, 0.25) is 0 Å². The number of amides is 2. The molecule has 7 heteroatoms. The molecule has 1 aliphatic rings. The molecule has 2 rings (SSSR count). The number of urea groups is 1. The number of pyridine rings is 1. The highest BCUT2D eigenvalue weighted by atomic mass is 16.5. The number of nitrogens with one attached hydrogen (secondary N) is 2. The van der Waals surface area contributed by atoms with Gasteiger partial charge in [-0.05, 0) is 25.5 Å². The molecule has 2 amide bonds. The molecule has 7 nitrogen and oxygen atoms in total. The van der Waals surface area contributed by atoms with Crippen molar-refractivity contribution in [1.82, 2.24) is 10.3 Å². The Balaban J connectivity index is 1.92. The summed E-state index contributed by atoms with van der Waals surface area (Å²) in [6.45, 7) is 6.67. The van der Waals surface area contributed by atoms with Crippen LogP contribution in [0.5, 0.6) is 0 Å². The van der Waals surface area contributed by atoms with Crippen molar-refractivity contribution in [3.05, 3.63) is 18.3 Å². The summed E-state index contributed by atoms with van der Waals surface area (Å²) < 4.78 is 5.31. The van der Waals surface area contributed by atoms with Gasteiger partial charge in [0.25, 0.3) is 0 Å². The van der Waals surface area contributed by atoms with Gasteiger partial charge in [0.1, 0.15) is 5.82 Å². The molecule has 1 atom stereocenters. The van der Waals surface area contributed by atoms with Crippen LogP contribution >= 0.6 is 0 Å². The fourth-order valence-corrected chi connectivity index (χ4v) is 2.12. The van der Waals surface area contributed by atoms with E-state index >= 15 is 0 Å². The van der Waals surface area contributed by atoms with Crippen molar-refractivity contribution in [1.29, 1.82) is 0 Å². The van der Waals surface area contributed by atoms with Crippen molar-refractivity contribution in [3.63, 3.8) is 0 Å². The fourth-order valence-electron chi connectivity index (χ4n) is 2.12. The van der Waals surface area contributed by atoms with Crippen molar-refractivity contribution in [3.8, 4) is 0 Å². The lowest BCUT2D eigenvalue weighted by atomic mass is 10.0. The highest BCUT2D eigenvalue weighted by Gasteiger charge is 2.23. The first kappa shape index (κ1) is 16.5. The molecular weight excluding hydrogens is 284 g/mol. The lowest BCUT2D eigenvalue weighted by molar-refractivity contribution is 0.122. The Kier molecular flexibility index (Phi) is 5.57. The number of ether oxygens (including phenoxy) is 1. The minimum absolute atomic E-state index is 0.106. The minimum atomic E-state index is -0.620. The molecule has 22 heavy (non-hydrogen) atoms. The lowest BCUT2D eigenvalue weighted by Crippen LogP contribution is -2.50. The topological polar surface area (TPSA) is 86.7 Å². The largest absolute Gasteiger partial charge is 0.394 e. The third kappa shape index (κ3) is 4.32. The molecule has 0 aromatic carbocycles. The zero-order chi connectivity index (χ0) is 16.0. The van der Waals surface area contributed by atoms with Gasteiger partial charge in [0, 0.05) is 13.1 Å². The average molecular weight is 308 g/mol. The van der Waals surface area contributed by atoms with Crippen molar-refractivity contribution < 1.29 is 14.6 Å². The Bertz CT molecular complexity index is 482. The van der Waals surface area contributed by atoms with Crippen molar-refractivity contribution in [2.75, 3.05) is 43.1 Å². The van der Waals surface area contributed by atoms with Gasteiger partial charge < -0.3 is 25.4 Å². The number of rotatable bonds is 5. The Morgan fingerprint density at radius 2 is 2.18 bits per heavy atom. The Morgan fingerprint density at radius 3 is 2.73 bits per heavy atom. The summed E-state index contributed by atoms with van der Waals surface area (Å²) in [4.78, 5) is 18.5. The van der Waals surface area contributed by atoms with Gasteiger partial charge in [-0.1, -0.05) is 6.92 Å². The molecule has 0 unspecified atom stereocenters. The van der Waals surface area contributed by atoms with E-state index in [1.807, 2.05) is 19.1 Å². The SMILES string of the molecule is CC[C@@](C)(CO)NC(=O)Nc1ccc(N2CCOCC2)nc1. The first-order valence-electron chi connectivity index (χ1n) is 7.55. The van der Waals surface area contributed by atoms with Crippen LogP contribution < -0.4 is 15.5 Å². The number of carbonyl (C=O) groups is 1.